The topological polar surface area (TPSA) is 89.6 Å². The van der Waals surface area contributed by atoms with Gasteiger partial charge in [-0.3, -0.25) is 4.79 Å². The molecular weight excluding hydrogens is 409 g/mol. The van der Waals surface area contributed by atoms with Crippen LogP contribution in [0.3, 0.4) is 0 Å². The zero-order valence-electron chi connectivity index (χ0n) is 15.1. The quantitative estimate of drug-likeness (QED) is 0.785. The summed E-state index contributed by atoms with van der Waals surface area (Å²) in [6, 6.07) is 5.91. The van der Waals surface area contributed by atoms with Crippen LogP contribution in [0.4, 0.5) is 18.9 Å². The lowest BCUT2D eigenvalue weighted by atomic mass is 9.83. The standard InChI is InChI=1S/C19H16ClF3N4O2/c1-8-14-15(8)29-18(24)27-19(14,17(22)23)11-6-10(3-4-12(11)21)26-16(28)13-5-2-9(20)7-25-13/h2-8,14-15,17H,1H3,(H2,24,27)(H,26,28)/t8-,14+,15-,19-/m0/s1. The molecular formula is C19H16ClF3N4O2. The highest BCUT2D eigenvalue weighted by molar-refractivity contribution is 6.30. The summed E-state index contributed by atoms with van der Waals surface area (Å²) < 4.78 is 48.5. The number of nitrogens with zero attached hydrogens (tertiary/aromatic N) is 2. The van der Waals surface area contributed by atoms with E-state index in [4.69, 9.17) is 22.1 Å². The maximum absolute atomic E-state index is 14.7. The Morgan fingerprint density at radius 1 is 1.34 bits per heavy atom. The van der Waals surface area contributed by atoms with Crippen molar-refractivity contribution < 1.29 is 22.7 Å². The number of ether oxygens (including phenoxy) is 1. The number of carbonyl (C=O) groups is 1. The molecule has 1 aliphatic heterocycles. The van der Waals surface area contributed by atoms with Gasteiger partial charge in [0.05, 0.1) is 5.02 Å². The van der Waals surface area contributed by atoms with Gasteiger partial charge in [0.2, 0.25) is 0 Å². The lowest BCUT2D eigenvalue weighted by Crippen LogP contribution is -2.43. The minimum Gasteiger partial charge on any atom is -0.461 e. The second-order valence-corrected chi connectivity index (χ2v) is 7.49. The number of aromatic nitrogens is 1. The third kappa shape index (κ3) is 3.19. The highest BCUT2D eigenvalue weighted by Gasteiger charge is 2.68. The van der Waals surface area contributed by atoms with Crippen molar-refractivity contribution in [3.8, 4) is 0 Å². The van der Waals surface area contributed by atoms with E-state index < -0.39 is 41.7 Å². The minimum atomic E-state index is -3.03. The van der Waals surface area contributed by atoms with Gasteiger partial charge < -0.3 is 15.8 Å². The van der Waals surface area contributed by atoms with Gasteiger partial charge in [0, 0.05) is 29.3 Å². The largest absolute Gasteiger partial charge is 0.461 e. The number of nitrogens with one attached hydrogen (secondary N) is 1. The van der Waals surface area contributed by atoms with E-state index in [-0.39, 0.29) is 22.9 Å². The van der Waals surface area contributed by atoms with Crippen LogP contribution in [-0.4, -0.2) is 29.4 Å². The Kier molecular flexibility index (Phi) is 4.65. The molecule has 0 unspecified atom stereocenters. The molecule has 0 saturated heterocycles. The highest BCUT2D eigenvalue weighted by Crippen LogP contribution is 2.59. The van der Waals surface area contributed by atoms with Gasteiger partial charge in [-0.1, -0.05) is 18.5 Å². The Bertz CT molecular complexity index is 1000. The second-order valence-electron chi connectivity index (χ2n) is 7.05. The maximum Gasteiger partial charge on any atom is 0.283 e. The van der Waals surface area contributed by atoms with E-state index in [0.29, 0.717) is 5.02 Å². The first-order valence-corrected chi connectivity index (χ1v) is 9.15. The van der Waals surface area contributed by atoms with Gasteiger partial charge in [-0.05, 0) is 30.3 Å². The molecule has 0 radical (unpaired) electrons. The number of alkyl halides is 2. The van der Waals surface area contributed by atoms with E-state index >= 15 is 0 Å². The third-order valence-electron chi connectivity index (χ3n) is 5.31. The van der Waals surface area contributed by atoms with Gasteiger partial charge in [-0.15, -0.1) is 0 Å². The van der Waals surface area contributed by atoms with Crippen LogP contribution in [0.2, 0.25) is 5.02 Å². The summed E-state index contributed by atoms with van der Waals surface area (Å²) in [5, 5.41) is 2.88. The van der Waals surface area contributed by atoms with Gasteiger partial charge in [0.1, 0.15) is 17.6 Å². The van der Waals surface area contributed by atoms with Crippen molar-refractivity contribution in [3.63, 3.8) is 0 Å². The minimum absolute atomic E-state index is 0.0630. The molecule has 1 aromatic heterocycles. The van der Waals surface area contributed by atoms with Gasteiger partial charge in [-0.2, -0.15) is 0 Å². The predicted octanol–water partition coefficient (Wildman–Crippen LogP) is 3.57. The zero-order valence-corrected chi connectivity index (χ0v) is 15.8. The maximum atomic E-state index is 14.7. The van der Waals surface area contributed by atoms with E-state index in [1.807, 2.05) is 0 Å². The number of halogens is 4. The zero-order chi connectivity index (χ0) is 20.9. The molecule has 152 valence electrons. The fraction of sp³-hybridized carbons (Fsp3) is 0.316. The first-order valence-electron chi connectivity index (χ1n) is 8.77. The van der Waals surface area contributed by atoms with Crippen LogP contribution in [0.25, 0.3) is 0 Å². The molecule has 6 nitrogen and oxygen atoms in total. The summed E-state index contributed by atoms with van der Waals surface area (Å²) in [5.41, 5.74) is 3.25. The van der Waals surface area contributed by atoms with Gasteiger partial charge in [-0.25, -0.2) is 23.1 Å². The average molecular weight is 425 g/mol. The van der Waals surface area contributed by atoms with Crippen molar-refractivity contribution in [2.24, 2.45) is 22.6 Å². The smallest absolute Gasteiger partial charge is 0.283 e. The Hall–Kier alpha value is -2.81. The summed E-state index contributed by atoms with van der Waals surface area (Å²) >= 11 is 5.75. The van der Waals surface area contributed by atoms with Gasteiger partial charge in [0.15, 0.2) is 5.54 Å². The number of pyridine rings is 1. The van der Waals surface area contributed by atoms with E-state index in [0.717, 1.165) is 12.1 Å². The molecule has 2 aromatic rings. The number of rotatable bonds is 4. The van der Waals surface area contributed by atoms with Crippen molar-refractivity contribution >= 4 is 29.2 Å². The number of carbonyl (C=O) groups excluding carboxylic acids is 1. The lowest BCUT2D eigenvalue weighted by molar-refractivity contribution is 0.0168. The van der Waals surface area contributed by atoms with Crippen LogP contribution in [0.15, 0.2) is 41.5 Å². The number of nitrogens with two attached hydrogens (primary N) is 1. The number of benzene rings is 1. The molecule has 1 amide bonds. The molecule has 10 heteroatoms. The van der Waals surface area contributed by atoms with E-state index in [1.165, 1.54) is 24.4 Å². The Labute approximate surface area is 168 Å². The van der Waals surface area contributed by atoms with Crippen LogP contribution in [0, 0.1) is 17.7 Å². The monoisotopic (exact) mass is 424 g/mol. The van der Waals surface area contributed by atoms with Crippen LogP contribution >= 0.6 is 11.6 Å². The molecule has 4 rings (SSSR count). The van der Waals surface area contributed by atoms with Crippen LogP contribution < -0.4 is 11.1 Å². The normalized spacial score (nSPS) is 27.7. The number of amidine groups is 1. The Morgan fingerprint density at radius 3 is 2.76 bits per heavy atom. The Morgan fingerprint density at radius 2 is 2.10 bits per heavy atom. The summed E-state index contributed by atoms with van der Waals surface area (Å²) in [6.07, 6.45) is -2.29. The predicted molar refractivity (Wildman–Crippen MR) is 100 cm³/mol. The summed E-state index contributed by atoms with van der Waals surface area (Å²) in [4.78, 5) is 20.1. The molecule has 1 aromatic carbocycles. The summed E-state index contributed by atoms with van der Waals surface area (Å²) in [7, 11) is 0. The van der Waals surface area contributed by atoms with Crippen LogP contribution in [0.1, 0.15) is 23.0 Å². The highest BCUT2D eigenvalue weighted by atomic mass is 35.5. The van der Waals surface area contributed by atoms with Crippen molar-refractivity contribution in [3.05, 3.63) is 58.6 Å². The molecule has 4 atom stereocenters. The summed E-state index contributed by atoms with van der Waals surface area (Å²) in [6.45, 7) is 1.72. The molecule has 0 bridgehead atoms. The molecule has 3 N–H and O–H groups in total. The SMILES string of the molecule is C[C@@H]1[C@@H]2OC(N)=N[C@](c3cc(NC(=O)c4ccc(Cl)cn4)ccc3F)(C(F)F)[C@H]12. The number of hydrogen-bond acceptors (Lipinski definition) is 5. The average Bonchev–Trinajstić information content (AvgIpc) is 3.32. The Balaban J connectivity index is 1.72. The molecule has 1 aliphatic carbocycles. The fourth-order valence-corrected chi connectivity index (χ4v) is 3.96. The number of hydrogen-bond donors (Lipinski definition) is 2. The van der Waals surface area contributed by atoms with Crippen molar-refractivity contribution in [1.82, 2.24) is 4.98 Å². The van der Waals surface area contributed by atoms with E-state index in [2.05, 4.69) is 15.3 Å². The molecule has 1 saturated carbocycles. The molecule has 0 spiro atoms. The number of amides is 1. The van der Waals surface area contributed by atoms with Crippen LogP contribution in [0.5, 0.6) is 0 Å². The fourth-order valence-electron chi connectivity index (χ4n) is 3.85. The molecule has 2 heterocycles. The first kappa shape index (κ1) is 19.5. The van der Waals surface area contributed by atoms with Crippen molar-refractivity contribution in [2.75, 3.05) is 5.32 Å². The number of anilines is 1. The van der Waals surface area contributed by atoms with Crippen LogP contribution in [-0.2, 0) is 10.3 Å². The summed E-state index contributed by atoms with van der Waals surface area (Å²) in [5.74, 6) is -2.47. The second kappa shape index (κ2) is 6.91. The number of fused-ring (bicyclic) bond motifs is 1. The third-order valence-corrected chi connectivity index (χ3v) is 5.53. The molecule has 1 fully saturated rings. The molecule has 2 aliphatic rings. The van der Waals surface area contributed by atoms with Crippen molar-refractivity contribution in [2.45, 2.75) is 25.0 Å². The van der Waals surface area contributed by atoms with Gasteiger partial charge in [0.25, 0.3) is 18.4 Å². The van der Waals surface area contributed by atoms with Gasteiger partial charge >= 0.3 is 0 Å². The van der Waals surface area contributed by atoms with Crippen molar-refractivity contribution in [1.29, 1.82) is 0 Å². The van der Waals surface area contributed by atoms with E-state index in [9.17, 15) is 18.0 Å². The lowest BCUT2D eigenvalue weighted by Gasteiger charge is -2.33. The number of aliphatic imine (C=N–C) groups is 1. The first-order chi connectivity index (χ1) is 13.7. The van der Waals surface area contributed by atoms with E-state index in [1.54, 1.807) is 6.92 Å². The molecule has 29 heavy (non-hydrogen) atoms.